The summed E-state index contributed by atoms with van der Waals surface area (Å²) in [6.07, 6.45) is -1.14. The van der Waals surface area contributed by atoms with E-state index in [0.717, 1.165) is 0 Å². The van der Waals surface area contributed by atoms with Crippen LogP contribution < -0.4 is 4.74 Å². The molecule has 0 aliphatic carbocycles. The molecule has 1 unspecified atom stereocenters. The van der Waals surface area contributed by atoms with Crippen molar-refractivity contribution < 1.29 is 18.7 Å². The minimum atomic E-state index is -1.14. The lowest BCUT2D eigenvalue weighted by Crippen LogP contribution is -2.02. The average molecular weight is 307 g/mol. The van der Waals surface area contributed by atoms with E-state index in [1.807, 2.05) is 0 Å². The predicted molar refractivity (Wildman–Crippen MR) is 78.2 cm³/mol. The van der Waals surface area contributed by atoms with Crippen LogP contribution in [0.4, 0.5) is 4.39 Å². The average Bonchev–Trinajstić information content (AvgIpc) is 2.92. The molecular weight excluding hydrogens is 295 g/mol. The van der Waals surface area contributed by atoms with E-state index in [1.54, 1.807) is 36.4 Å². The lowest BCUT2D eigenvalue weighted by molar-refractivity contribution is 0.187. The molecule has 0 fully saturated rings. The first-order valence-electron chi connectivity index (χ1n) is 6.30. The molecule has 3 nitrogen and oxygen atoms in total. The third-order valence-corrected chi connectivity index (χ3v) is 3.62. The van der Waals surface area contributed by atoms with E-state index in [0.29, 0.717) is 21.7 Å². The molecule has 5 heteroatoms. The first-order valence-corrected chi connectivity index (χ1v) is 6.68. The quantitative estimate of drug-likeness (QED) is 0.784. The number of rotatable bonds is 3. The van der Waals surface area contributed by atoms with E-state index in [1.165, 1.54) is 13.2 Å². The second-order valence-corrected chi connectivity index (χ2v) is 4.97. The summed E-state index contributed by atoms with van der Waals surface area (Å²) in [5.41, 5.74) is 0.499. The number of aliphatic hydroxyl groups excluding tert-OH is 1. The number of methoxy groups -OCH3 is 1. The third kappa shape index (κ3) is 2.37. The maximum absolute atomic E-state index is 13.7. The largest absolute Gasteiger partial charge is 0.496 e. The van der Waals surface area contributed by atoms with Gasteiger partial charge in [-0.1, -0.05) is 29.8 Å². The molecule has 0 saturated carbocycles. The summed E-state index contributed by atoms with van der Waals surface area (Å²) in [7, 11) is 1.49. The standard InChI is InChI=1S/C16H12ClFO3/c1-20-12-7-3-5-10(17)14(12)15(19)13-8-9-4-2-6-11(18)16(9)21-13/h2-8,15,19H,1H3. The number of para-hydroxylation sites is 1. The summed E-state index contributed by atoms with van der Waals surface area (Å²) >= 11 is 6.13. The van der Waals surface area contributed by atoms with E-state index < -0.39 is 11.9 Å². The maximum atomic E-state index is 13.7. The Morgan fingerprint density at radius 2 is 2.00 bits per heavy atom. The number of hydrogen-bond donors (Lipinski definition) is 1. The molecular formula is C16H12ClFO3. The van der Waals surface area contributed by atoms with Crippen LogP contribution in [0.15, 0.2) is 46.9 Å². The van der Waals surface area contributed by atoms with Crippen molar-refractivity contribution in [2.75, 3.05) is 7.11 Å². The van der Waals surface area contributed by atoms with Gasteiger partial charge < -0.3 is 14.3 Å². The Morgan fingerprint density at radius 1 is 1.24 bits per heavy atom. The number of ether oxygens (including phenoxy) is 1. The van der Waals surface area contributed by atoms with Gasteiger partial charge in [0.05, 0.1) is 12.1 Å². The third-order valence-electron chi connectivity index (χ3n) is 3.29. The Labute approximate surface area is 125 Å². The number of furan rings is 1. The van der Waals surface area contributed by atoms with Gasteiger partial charge in [-0.05, 0) is 24.3 Å². The van der Waals surface area contributed by atoms with Gasteiger partial charge in [0.1, 0.15) is 17.6 Å². The molecule has 0 aliphatic rings. The van der Waals surface area contributed by atoms with Crippen molar-refractivity contribution in [3.63, 3.8) is 0 Å². The number of aliphatic hydroxyl groups is 1. The lowest BCUT2D eigenvalue weighted by Gasteiger charge is -2.14. The van der Waals surface area contributed by atoms with Gasteiger partial charge in [0.2, 0.25) is 0 Å². The summed E-state index contributed by atoms with van der Waals surface area (Å²) < 4.78 is 24.3. The summed E-state index contributed by atoms with van der Waals surface area (Å²) in [5.74, 6) is 0.175. The van der Waals surface area contributed by atoms with E-state index in [-0.39, 0.29) is 11.3 Å². The van der Waals surface area contributed by atoms with Gasteiger partial charge in [0.15, 0.2) is 11.4 Å². The SMILES string of the molecule is COc1cccc(Cl)c1C(O)c1cc2cccc(F)c2o1. The van der Waals surface area contributed by atoms with Crippen molar-refractivity contribution in [3.05, 3.63) is 64.6 Å². The molecule has 1 heterocycles. The van der Waals surface area contributed by atoms with Crippen LogP contribution in [0, 0.1) is 5.82 Å². The monoisotopic (exact) mass is 306 g/mol. The number of benzene rings is 2. The molecule has 1 atom stereocenters. The Bertz CT molecular complexity index is 797. The summed E-state index contributed by atoms with van der Waals surface area (Å²) in [6, 6.07) is 11.2. The Balaban J connectivity index is 2.13. The number of hydrogen-bond acceptors (Lipinski definition) is 3. The van der Waals surface area contributed by atoms with Crippen LogP contribution >= 0.6 is 11.6 Å². The highest BCUT2D eigenvalue weighted by atomic mass is 35.5. The molecule has 0 aliphatic heterocycles. The first-order chi connectivity index (χ1) is 10.1. The minimum absolute atomic E-state index is 0.109. The second-order valence-electron chi connectivity index (χ2n) is 4.57. The van der Waals surface area contributed by atoms with Gasteiger partial charge in [-0.2, -0.15) is 0 Å². The highest BCUT2D eigenvalue weighted by Gasteiger charge is 2.23. The maximum Gasteiger partial charge on any atom is 0.170 e. The first kappa shape index (κ1) is 13.9. The van der Waals surface area contributed by atoms with Crippen LogP contribution in [0.2, 0.25) is 5.02 Å². The van der Waals surface area contributed by atoms with Crippen molar-refractivity contribution >= 4 is 22.6 Å². The fraction of sp³-hybridized carbons (Fsp3) is 0.125. The molecule has 1 N–H and O–H groups in total. The van der Waals surface area contributed by atoms with Gasteiger partial charge in [0.25, 0.3) is 0 Å². The smallest absolute Gasteiger partial charge is 0.170 e. The zero-order valence-electron chi connectivity index (χ0n) is 11.1. The molecule has 108 valence electrons. The Kier molecular flexibility index (Phi) is 3.57. The molecule has 0 radical (unpaired) electrons. The van der Waals surface area contributed by atoms with Crippen LogP contribution in [-0.4, -0.2) is 12.2 Å². The van der Waals surface area contributed by atoms with Crippen molar-refractivity contribution in [3.8, 4) is 5.75 Å². The van der Waals surface area contributed by atoms with Crippen molar-refractivity contribution in [1.82, 2.24) is 0 Å². The van der Waals surface area contributed by atoms with E-state index >= 15 is 0 Å². The highest BCUT2D eigenvalue weighted by molar-refractivity contribution is 6.31. The van der Waals surface area contributed by atoms with Crippen molar-refractivity contribution in [2.24, 2.45) is 0 Å². The molecule has 2 aromatic carbocycles. The van der Waals surface area contributed by atoms with Gasteiger partial charge in [-0.15, -0.1) is 0 Å². The fourth-order valence-corrected chi connectivity index (χ4v) is 2.55. The Hall–Kier alpha value is -2.04. The van der Waals surface area contributed by atoms with Crippen molar-refractivity contribution in [1.29, 1.82) is 0 Å². The lowest BCUT2D eigenvalue weighted by atomic mass is 10.1. The van der Waals surface area contributed by atoms with Crippen molar-refractivity contribution in [2.45, 2.75) is 6.10 Å². The summed E-state index contributed by atoms with van der Waals surface area (Å²) in [6.45, 7) is 0. The van der Waals surface area contributed by atoms with Gasteiger partial charge in [-0.3, -0.25) is 0 Å². The van der Waals surface area contributed by atoms with Crippen LogP contribution in [0.1, 0.15) is 17.4 Å². The molecule has 21 heavy (non-hydrogen) atoms. The molecule has 0 amide bonds. The van der Waals surface area contributed by atoms with Gasteiger partial charge in [0, 0.05) is 10.9 Å². The van der Waals surface area contributed by atoms with Gasteiger partial charge in [-0.25, -0.2) is 4.39 Å². The normalized spacial score (nSPS) is 12.6. The summed E-state index contributed by atoms with van der Waals surface area (Å²) in [4.78, 5) is 0. The number of halogens is 2. The van der Waals surface area contributed by atoms with Crippen LogP contribution in [0.5, 0.6) is 5.75 Å². The summed E-state index contributed by atoms with van der Waals surface area (Å²) in [5, 5.41) is 11.4. The molecule has 0 bridgehead atoms. The molecule has 0 saturated heterocycles. The molecule has 1 aromatic heterocycles. The van der Waals surface area contributed by atoms with E-state index in [2.05, 4.69) is 0 Å². The Morgan fingerprint density at radius 3 is 2.71 bits per heavy atom. The zero-order chi connectivity index (χ0) is 15.0. The zero-order valence-corrected chi connectivity index (χ0v) is 11.9. The molecule has 3 aromatic rings. The van der Waals surface area contributed by atoms with Crippen LogP contribution in [0.3, 0.4) is 0 Å². The number of fused-ring (bicyclic) bond motifs is 1. The molecule has 3 rings (SSSR count). The van der Waals surface area contributed by atoms with E-state index in [4.69, 9.17) is 20.8 Å². The highest BCUT2D eigenvalue weighted by Crippen LogP contribution is 2.37. The fourth-order valence-electron chi connectivity index (χ4n) is 2.29. The van der Waals surface area contributed by atoms with E-state index in [9.17, 15) is 9.50 Å². The molecule has 0 spiro atoms. The topological polar surface area (TPSA) is 42.6 Å². The second kappa shape index (κ2) is 5.39. The van der Waals surface area contributed by atoms with Crippen LogP contribution in [-0.2, 0) is 0 Å². The predicted octanol–water partition coefficient (Wildman–Crippen LogP) is 4.32. The van der Waals surface area contributed by atoms with Crippen LogP contribution in [0.25, 0.3) is 11.0 Å². The minimum Gasteiger partial charge on any atom is -0.496 e. The van der Waals surface area contributed by atoms with Gasteiger partial charge >= 0.3 is 0 Å².